The lowest BCUT2D eigenvalue weighted by Crippen LogP contribution is -2.25. The molecule has 0 amide bonds. The maximum absolute atomic E-state index is 12.0. The molecular weight excluding hydrogens is 300 g/mol. The van der Waals surface area contributed by atoms with E-state index in [9.17, 15) is 8.42 Å². The Labute approximate surface area is 121 Å². The second-order valence-corrected chi connectivity index (χ2v) is 8.18. The van der Waals surface area contributed by atoms with Crippen LogP contribution in [0.4, 0.5) is 0 Å². The van der Waals surface area contributed by atoms with Crippen LogP contribution >= 0.6 is 22.7 Å². The smallest absolute Gasteiger partial charge is 0.250 e. The van der Waals surface area contributed by atoms with Crippen LogP contribution in [0.25, 0.3) is 0 Å². The van der Waals surface area contributed by atoms with Gasteiger partial charge in [-0.05, 0) is 43.0 Å². The highest BCUT2D eigenvalue weighted by Crippen LogP contribution is 2.21. The topological polar surface area (TPSA) is 72.2 Å². The van der Waals surface area contributed by atoms with Crippen molar-refractivity contribution in [3.05, 3.63) is 39.4 Å². The van der Waals surface area contributed by atoms with Crippen LogP contribution in [0.3, 0.4) is 0 Å². The predicted octanol–water partition coefficient (Wildman–Crippen LogP) is 1.83. The summed E-state index contributed by atoms with van der Waals surface area (Å²) in [5.41, 5.74) is 5.46. The van der Waals surface area contributed by atoms with E-state index in [0.717, 1.165) is 17.7 Å². The molecular formula is C12H16N2O2S3. The van der Waals surface area contributed by atoms with Crippen molar-refractivity contribution >= 4 is 32.7 Å². The normalized spacial score (nSPS) is 11.8. The highest BCUT2D eigenvalue weighted by Gasteiger charge is 2.16. The first-order valence-electron chi connectivity index (χ1n) is 5.92. The molecule has 2 aromatic rings. The third-order valence-corrected chi connectivity index (χ3v) is 6.57. The summed E-state index contributed by atoms with van der Waals surface area (Å²) in [5, 5.41) is 1.99. The van der Waals surface area contributed by atoms with E-state index in [1.807, 2.05) is 23.6 Å². The van der Waals surface area contributed by atoms with E-state index in [1.54, 1.807) is 17.4 Å². The number of hydrogen-bond acceptors (Lipinski definition) is 5. The third kappa shape index (κ3) is 4.12. The summed E-state index contributed by atoms with van der Waals surface area (Å²) < 4.78 is 27.1. The maximum Gasteiger partial charge on any atom is 0.250 e. The average molecular weight is 316 g/mol. The predicted molar refractivity (Wildman–Crippen MR) is 80.3 cm³/mol. The highest BCUT2D eigenvalue weighted by molar-refractivity contribution is 7.91. The van der Waals surface area contributed by atoms with Gasteiger partial charge in [0.25, 0.3) is 0 Å². The van der Waals surface area contributed by atoms with Crippen LogP contribution in [-0.4, -0.2) is 21.5 Å². The lowest BCUT2D eigenvalue weighted by molar-refractivity contribution is 0.584. The van der Waals surface area contributed by atoms with Gasteiger partial charge < -0.3 is 5.73 Å². The van der Waals surface area contributed by atoms with E-state index in [1.165, 1.54) is 16.2 Å². The Morgan fingerprint density at radius 3 is 2.68 bits per heavy atom. The Kier molecular flexibility index (Phi) is 5.12. The minimum atomic E-state index is -3.38. The summed E-state index contributed by atoms with van der Waals surface area (Å²) >= 11 is 2.92. The molecule has 0 atom stereocenters. The van der Waals surface area contributed by atoms with Gasteiger partial charge in [-0.3, -0.25) is 0 Å². The van der Waals surface area contributed by atoms with Gasteiger partial charge in [-0.15, -0.1) is 22.7 Å². The molecule has 0 spiro atoms. The van der Waals surface area contributed by atoms with Crippen molar-refractivity contribution in [2.45, 2.75) is 17.1 Å². The Bertz CT molecular complexity index is 603. The monoisotopic (exact) mass is 316 g/mol. The molecule has 0 radical (unpaired) electrons. The molecule has 0 saturated carbocycles. The molecule has 7 heteroatoms. The summed E-state index contributed by atoms with van der Waals surface area (Å²) in [6.45, 7) is 0.957. The van der Waals surface area contributed by atoms with Gasteiger partial charge in [-0.2, -0.15) is 0 Å². The fraction of sp³-hybridized carbons (Fsp3) is 0.333. The van der Waals surface area contributed by atoms with Crippen molar-refractivity contribution in [3.63, 3.8) is 0 Å². The number of nitrogens with one attached hydrogen (secondary N) is 1. The quantitative estimate of drug-likeness (QED) is 0.818. The molecule has 2 aromatic heterocycles. The Morgan fingerprint density at radius 2 is 2.00 bits per heavy atom. The molecule has 0 bridgehead atoms. The van der Waals surface area contributed by atoms with Crippen molar-refractivity contribution in [3.8, 4) is 0 Å². The summed E-state index contributed by atoms with van der Waals surface area (Å²) in [6, 6.07) is 7.44. The second-order valence-electron chi connectivity index (χ2n) is 3.99. The summed E-state index contributed by atoms with van der Waals surface area (Å²) in [5.74, 6) is 0. The molecule has 104 valence electrons. The van der Waals surface area contributed by atoms with Crippen LogP contribution < -0.4 is 10.5 Å². The SMILES string of the molecule is NCCc1ccc(S(=O)(=O)NCCc2cccs2)s1. The molecule has 0 aromatic carbocycles. The van der Waals surface area contributed by atoms with Crippen LogP contribution in [-0.2, 0) is 22.9 Å². The second kappa shape index (κ2) is 6.62. The summed E-state index contributed by atoms with van der Waals surface area (Å²) in [7, 11) is -3.38. The lowest BCUT2D eigenvalue weighted by Gasteiger charge is -2.03. The minimum Gasteiger partial charge on any atom is -0.330 e. The van der Waals surface area contributed by atoms with E-state index in [0.29, 0.717) is 17.3 Å². The average Bonchev–Trinajstić information content (AvgIpc) is 3.00. The molecule has 0 aliphatic carbocycles. The first-order chi connectivity index (χ1) is 9.12. The zero-order valence-corrected chi connectivity index (χ0v) is 12.8. The third-order valence-electron chi connectivity index (χ3n) is 2.54. The number of thiophene rings is 2. The van der Waals surface area contributed by atoms with Crippen LogP contribution in [0.15, 0.2) is 33.9 Å². The fourth-order valence-electron chi connectivity index (χ4n) is 1.61. The zero-order chi connectivity index (χ0) is 13.7. The first-order valence-corrected chi connectivity index (χ1v) is 9.10. The van der Waals surface area contributed by atoms with Crippen molar-refractivity contribution in [2.75, 3.05) is 13.1 Å². The van der Waals surface area contributed by atoms with E-state index >= 15 is 0 Å². The van der Waals surface area contributed by atoms with E-state index in [4.69, 9.17) is 5.73 Å². The van der Waals surface area contributed by atoms with Crippen LogP contribution in [0.5, 0.6) is 0 Å². The zero-order valence-electron chi connectivity index (χ0n) is 10.3. The number of nitrogens with two attached hydrogens (primary N) is 1. The molecule has 0 unspecified atom stereocenters. The van der Waals surface area contributed by atoms with Crippen molar-refractivity contribution < 1.29 is 8.42 Å². The van der Waals surface area contributed by atoms with Crippen molar-refractivity contribution in [1.29, 1.82) is 0 Å². The first kappa shape index (κ1) is 14.7. The Balaban J connectivity index is 1.93. The van der Waals surface area contributed by atoms with Gasteiger partial charge in [0.1, 0.15) is 4.21 Å². The van der Waals surface area contributed by atoms with Crippen molar-refractivity contribution in [2.24, 2.45) is 5.73 Å². The van der Waals surface area contributed by atoms with Crippen LogP contribution in [0.1, 0.15) is 9.75 Å². The molecule has 0 aliphatic rings. The molecule has 19 heavy (non-hydrogen) atoms. The van der Waals surface area contributed by atoms with Gasteiger partial charge >= 0.3 is 0 Å². The largest absolute Gasteiger partial charge is 0.330 e. The van der Waals surface area contributed by atoms with Crippen molar-refractivity contribution in [1.82, 2.24) is 4.72 Å². The van der Waals surface area contributed by atoms with E-state index < -0.39 is 10.0 Å². The van der Waals surface area contributed by atoms with Gasteiger partial charge in [0.2, 0.25) is 10.0 Å². The standard InChI is InChI=1S/C12H16N2O2S3/c13-7-5-11-3-4-12(18-11)19(15,16)14-8-6-10-2-1-9-17-10/h1-4,9,14H,5-8,13H2. The van der Waals surface area contributed by atoms with Gasteiger partial charge in [-0.1, -0.05) is 6.07 Å². The molecule has 2 heterocycles. The van der Waals surface area contributed by atoms with Crippen LogP contribution in [0, 0.1) is 0 Å². The minimum absolute atomic E-state index is 0.363. The summed E-state index contributed by atoms with van der Waals surface area (Å²) in [4.78, 5) is 2.18. The number of hydrogen-bond donors (Lipinski definition) is 2. The van der Waals surface area contributed by atoms with Gasteiger partial charge in [-0.25, -0.2) is 13.1 Å². The number of sulfonamides is 1. The Morgan fingerprint density at radius 1 is 1.16 bits per heavy atom. The molecule has 0 saturated heterocycles. The molecule has 3 N–H and O–H groups in total. The maximum atomic E-state index is 12.0. The lowest BCUT2D eigenvalue weighted by atomic mass is 10.3. The fourth-order valence-corrected chi connectivity index (χ4v) is 4.77. The van der Waals surface area contributed by atoms with Gasteiger partial charge in [0.15, 0.2) is 0 Å². The van der Waals surface area contributed by atoms with E-state index in [-0.39, 0.29) is 0 Å². The molecule has 4 nitrogen and oxygen atoms in total. The van der Waals surface area contributed by atoms with Gasteiger partial charge in [0, 0.05) is 16.3 Å². The highest BCUT2D eigenvalue weighted by atomic mass is 32.2. The number of rotatable bonds is 7. The van der Waals surface area contributed by atoms with E-state index in [2.05, 4.69) is 4.72 Å². The summed E-state index contributed by atoms with van der Waals surface area (Å²) in [6.07, 6.45) is 1.44. The molecule has 2 rings (SSSR count). The Hall–Kier alpha value is -0.730. The molecule has 0 fully saturated rings. The van der Waals surface area contributed by atoms with Crippen LogP contribution in [0.2, 0.25) is 0 Å². The van der Waals surface area contributed by atoms with Gasteiger partial charge in [0.05, 0.1) is 0 Å². The molecule has 0 aliphatic heterocycles.